The summed E-state index contributed by atoms with van der Waals surface area (Å²) in [6.45, 7) is 0. The molecule has 0 aliphatic carbocycles. The van der Waals surface area contributed by atoms with E-state index in [1.54, 1.807) is 6.07 Å². The van der Waals surface area contributed by atoms with Crippen molar-refractivity contribution in [3.63, 3.8) is 0 Å². The van der Waals surface area contributed by atoms with E-state index >= 15 is 0 Å². The molecule has 1 aromatic heterocycles. The molecule has 0 amide bonds. The van der Waals surface area contributed by atoms with Gasteiger partial charge < -0.3 is 10.2 Å². The van der Waals surface area contributed by atoms with Crippen LogP contribution in [0.3, 0.4) is 0 Å². The van der Waals surface area contributed by atoms with Gasteiger partial charge in [0.15, 0.2) is 5.82 Å². The van der Waals surface area contributed by atoms with Gasteiger partial charge in [0.2, 0.25) is 0 Å². The summed E-state index contributed by atoms with van der Waals surface area (Å²) in [4.78, 5) is 9.32. The Kier molecular flexibility index (Phi) is 3.35. The average Bonchev–Trinajstić information content (AvgIpc) is 2.62. The van der Waals surface area contributed by atoms with Gasteiger partial charge in [-0.1, -0.05) is 48.5 Å². The number of nitrogens with zero attached hydrogens (tertiary/aromatic N) is 2. The first kappa shape index (κ1) is 14.2. The minimum Gasteiger partial charge on any atom is -0.508 e. The van der Waals surface area contributed by atoms with Crippen molar-refractivity contribution in [1.29, 1.82) is 0 Å². The second kappa shape index (κ2) is 5.66. The maximum atomic E-state index is 10.2. The zero-order valence-corrected chi connectivity index (χ0v) is 12.7. The molecule has 0 saturated carbocycles. The molecule has 3 aromatic carbocycles. The highest BCUT2D eigenvalue weighted by molar-refractivity contribution is 5.95. The molecule has 0 bridgehead atoms. The minimum atomic E-state index is -0.0159. The number of phenolic OH excluding ortho intramolecular Hbond substituents is 2. The smallest absolute Gasteiger partial charge is 0.160 e. The van der Waals surface area contributed by atoms with E-state index in [2.05, 4.69) is 9.97 Å². The number of phenols is 2. The summed E-state index contributed by atoms with van der Waals surface area (Å²) in [5.41, 5.74) is 2.90. The monoisotopic (exact) mass is 314 g/mol. The third-order valence-electron chi connectivity index (χ3n) is 3.87. The summed E-state index contributed by atoms with van der Waals surface area (Å²) in [5.74, 6) is 0.590. The highest BCUT2D eigenvalue weighted by Crippen LogP contribution is 2.35. The summed E-state index contributed by atoms with van der Waals surface area (Å²) in [6, 6.07) is 21.9. The van der Waals surface area contributed by atoms with Crippen LogP contribution in [0.1, 0.15) is 0 Å². The molecule has 0 radical (unpaired) electrons. The van der Waals surface area contributed by atoms with Gasteiger partial charge in [-0.15, -0.1) is 0 Å². The van der Waals surface area contributed by atoms with Gasteiger partial charge >= 0.3 is 0 Å². The van der Waals surface area contributed by atoms with Crippen molar-refractivity contribution in [3.8, 4) is 34.1 Å². The highest BCUT2D eigenvalue weighted by atomic mass is 16.3. The Bertz CT molecular complexity index is 1030. The van der Waals surface area contributed by atoms with E-state index in [0.717, 1.165) is 16.5 Å². The lowest BCUT2D eigenvalue weighted by atomic mass is 10.0. The second-order valence-corrected chi connectivity index (χ2v) is 5.48. The van der Waals surface area contributed by atoms with Crippen LogP contribution in [0, 0.1) is 0 Å². The summed E-state index contributed by atoms with van der Waals surface area (Å²) in [7, 11) is 0. The van der Waals surface area contributed by atoms with Crippen molar-refractivity contribution in [2.24, 2.45) is 0 Å². The van der Waals surface area contributed by atoms with Crippen LogP contribution in [0.5, 0.6) is 11.5 Å². The molecule has 1 heterocycles. The summed E-state index contributed by atoms with van der Waals surface area (Å²) in [5, 5.41) is 20.6. The molecular formula is C20H14N2O2. The number of aromatic nitrogens is 2. The van der Waals surface area contributed by atoms with Gasteiger partial charge in [-0.05, 0) is 18.2 Å². The normalized spacial score (nSPS) is 10.8. The molecule has 4 rings (SSSR count). The SMILES string of the molecule is Oc1ccc(-c2nc(-c3ccccc3)nc3ccccc23)c(O)c1. The maximum absolute atomic E-state index is 10.2. The van der Waals surface area contributed by atoms with E-state index in [9.17, 15) is 10.2 Å². The number of aromatic hydroxyl groups is 2. The van der Waals surface area contributed by atoms with Crippen LogP contribution in [0.2, 0.25) is 0 Å². The molecule has 4 aromatic rings. The summed E-state index contributed by atoms with van der Waals surface area (Å²) < 4.78 is 0. The van der Waals surface area contributed by atoms with Gasteiger partial charge in [0, 0.05) is 22.6 Å². The lowest BCUT2D eigenvalue weighted by Crippen LogP contribution is -1.95. The Morgan fingerprint density at radius 2 is 1.46 bits per heavy atom. The molecule has 0 unspecified atom stereocenters. The standard InChI is InChI=1S/C20H14N2O2/c23-14-10-11-16(18(24)12-14)19-15-8-4-5-9-17(15)21-20(22-19)13-6-2-1-3-7-13/h1-12,23-24H. The molecule has 116 valence electrons. The lowest BCUT2D eigenvalue weighted by Gasteiger charge is -2.10. The minimum absolute atomic E-state index is 0.0119. The molecule has 0 aliphatic rings. The van der Waals surface area contributed by atoms with Gasteiger partial charge in [-0.2, -0.15) is 0 Å². The molecule has 2 N–H and O–H groups in total. The van der Waals surface area contributed by atoms with Crippen LogP contribution in [-0.2, 0) is 0 Å². The van der Waals surface area contributed by atoms with E-state index < -0.39 is 0 Å². The third-order valence-corrected chi connectivity index (χ3v) is 3.87. The van der Waals surface area contributed by atoms with Crippen molar-refractivity contribution in [2.45, 2.75) is 0 Å². The van der Waals surface area contributed by atoms with E-state index in [0.29, 0.717) is 17.1 Å². The molecule has 24 heavy (non-hydrogen) atoms. The van der Waals surface area contributed by atoms with Crippen LogP contribution >= 0.6 is 0 Å². The molecule has 0 atom stereocenters. The number of para-hydroxylation sites is 1. The van der Waals surface area contributed by atoms with E-state index in [4.69, 9.17) is 0 Å². The Morgan fingerprint density at radius 3 is 2.25 bits per heavy atom. The van der Waals surface area contributed by atoms with Gasteiger partial charge in [-0.25, -0.2) is 9.97 Å². The van der Waals surface area contributed by atoms with Crippen LogP contribution < -0.4 is 0 Å². The molecular weight excluding hydrogens is 300 g/mol. The topological polar surface area (TPSA) is 66.2 Å². The maximum Gasteiger partial charge on any atom is 0.160 e. The van der Waals surface area contributed by atoms with E-state index in [-0.39, 0.29) is 11.5 Å². The first-order valence-corrected chi connectivity index (χ1v) is 7.57. The fraction of sp³-hybridized carbons (Fsp3) is 0. The molecule has 0 fully saturated rings. The van der Waals surface area contributed by atoms with Crippen LogP contribution in [0.4, 0.5) is 0 Å². The largest absolute Gasteiger partial charge is 0.508 e. The predicted molar refractivity (Wildman–Crippen MR) is 93.7 cm³/mol. The molecule has 0 spiro atoms. The van der Waals surface area contributed by atoms with E-state index in [1.807, 2.05) is 54.6 Å². The first-order chi connectivity index (χ1) is 11.7. The fourth-order valence-corrected chi connectivity index (χ4v) is 2.72. The number of hydrogen-bond donors (Lipinski definition) is 2. The molecule has 4 nitrogen and oxygen atoms in total. The van der Waals surface area contributed by atoms with Crippen LogP contribution in [0.25, 0.3) is 33.5 Å². The quantitative estimate of drug-likeness (QED) is 0.576. The molecule has 0 saturated heterocycles. The van der Waals surface area contributed by atoms with E-state index in [1.165, 1.54) is 12.1 Å². The van der Waals surface area contributed by atoms with Crippen molar-refractivity contribution in [1.82, 2.24) is 9.97 Å². The summed E-state index contributed by atoms with van der Waals surface area (Å²) >= 11 is 0. The van der Waals surface area contributed by atoms with Gasteiger partial charge in [-0.3, -0.25) is 0 Å². The van der Waals surface area contributed by atoms with Crippen molar-refractivity contribution in [2.75, 3.05) is 0 Å². The van der Waals surface area contributed by atoms with Crippen LogP contribution in [-0.4, -0.2) is 20.2 Å². The predicted octanol–water partition coefficient (Wildman–Crippen LogP) is 4.38. The Labute approximate surface area is 138 Å². The Morgan fingerprint density at radius 1 is 0.708 bits per heavy atom. The average molecular weight is 314 g/mol. The third kappa shape index (κ3) is 2.44. The van der Waals surface area contributed by atoms with Gasteiger partial charge in [0.05, 0.1) is 11.2 Å². The second-order valence-electron chi connectivity index (χ2n) is 5.48. The van der Waals surface area contributed by atoms with Crippen molar-refractivity contribution >= 4 is 10.9 Å². The number of fused-ring (bicyclic) bond motifs is 1. The van der Waals surface area contributed by atoms with Crippen LogP contribution in [0.15, 0.2) is 72.8 Å². The molecule has 0 aliphatic heterocycles. The van der Waals surface area contributed by atoms with Gasteiger partial charge in [0.1, 0.15) is 11.5 Å². The Balaban J connectivity index is 2.03. The highest BCUT2D eigenvalue weighted by Gasteiger charge is 2.14. The number of hydrogen-bond acceptors (Lipinski definition) is 4. The molecule has 4 heteroatoms. The number of rotatable bonds is 2. The Hall–Kier alpha value is -3.40. The van der Waals surface area contributed by atoms with Crippen molar-refractivity contribution < 1.29 is 10.2 Å². The van der Waals surface area contributed by atoms with Crippen molar-refractivity contribution in [3.05, 3.63) is 72.8 Å². The lowest BCUT2D eigenvalue weighted by molar-refractivity contribution is 0.452. The zero-order valence-electron chi connectivity index (χ0n) is 12.7. The number of benzene rings is 3. The van der Waals surface area contributed by atoms with Gasteiger partial charge in [0.25, 0.3) is 0 Å². The first-order valence-electron chi connectivity index (χ1n) is 7.57. The summed E-state index contributed by atoms with van der Waals surface area (Å²) in [6.07, 6.45) is 0. The fourth-order valence-electron chi connectivity index (χ4n) is 2.72. The zero-order chi connectivity index (χ0) is 16.5.